The van der Waals surface area contributed by atoms with Crippen LogP contribution in [-0.4, -0.2) is 5.24 Å². The Kier molecular flexibility index (Phi) is 2.47. The van der Waals surface area contributed by atoms with Gasteiger partial charge in [-0.05, 0) is 30.7 Å². The maximum atomic E-state index is 10.8. The molecule has 0 saturated carbocycles. The zero-order valence-electron chi connectivity index (χ0n) is 6.47. The molecule has 0 N–H and O–H groups in total. The van der Waals surface area contributed by atoms with Gasteiger partial charge in [0.25, 0.3) is 5.24 Å². The molecule has 1 rings (SSSR count). The van der Waals surface area contributed by atoms with Gasteiger partial charge in [-0.3, -0.25) is 4.79 Å². The lowest BCUT2D eigenvalue weighted by molar-refractivity contribution is 0.108. The van der Waals surface area contributed by atoms with E-state index in [-0.39, 0.29) is 5.56 Å². The van der Waals surface area contributed by atoms with E-state index in [0.29, 0.717) is 5.56 Å². The number of aryl methyl sites for hydroxylation is 1. The maximum absolute atomic E-state index is 10.8. The fourth-order valence-corrected chi connectivity index (χ4v) is 1.07. The molecular weight excluding hydrogens is 174 g/mol. The summed E-state index contributed by atoms with van der Waals surface area (Å²) < 4.78 is 0. The first-order valence-electron chi connectivity index (χ1n) is 3.35. The standard InChI is InChI=1S/C9H6ClNO/c1-6-2-3-7(5-11)8(4-6)9(10)12/h2-4H,1H3. The predicted molar refractivity (Wildman–Crippen MR) is 46.1 cm³/mol. The van der Waals surface area contributed by atoms with E-state index in [1.54, 1.807) is 18.2 Å². The van der Waals surface area contributed by atoms with Crippen molar-refractivity contribution in [3.05, 3.63) is 34.9 Å². The summed E-state index contributed by atoms with van der Waals surface area (Å²) in [6.45, 7) is 1.84. The van der Waals surface area contributed by atoms with Gasteiger partial charge < -0.3 is 0 Å². The molecular formula is C9H6ClNO. The molecule has 0 saturated heterocycles. The summed E-state index contributed by atoms with van der Waals surface area (Å²) in [5.41, 5.74) is 1.51. The van der Waals surface area contributed by atoms with Crippen molar-refractivity contribution in [3.8, 4) is 6.07 Å². The Morgan fingerprint density at radius 3 is 2.75 bits per heavy atom. The van der Waals surface area contributed by atoms with Crippen LogP contribution in [0.25, 0.3) is 0 Å². The van der Waals surface area contributed by atoms with Crippen LogP contribution in [0.2, 0.25) is 0 Å². The van der Waals surface area contributed by atoms with Crippen molar-refractivity contribution in [2.45, 2.75) is 6.92 Å². The van der Waals surface area contributed by atoms with E-state index in [9.17, 15) is 4.79 Å². The predicted octanol–water partition coefficient (Wildman–Crippen LogP) is 2.25. The van der Waals surface area contributed by atoms with Crippen LogP contribution in [0.3, 0.4) is 0 Å². The summed E-state index contributed by atoms with van der Waals surface area (Å²) in [7, 11) is 0. The van der Waals surface area contributed by atoms with Crippen LogP contribution in [0.1, 0.15) is 21.5 Å². The number of halogens is 1. The van der Waals surface area contributed by atoms with Crippen molar-refractivity contribution in [2.75, 3.05) is 0 Å². The average Bonchev–Trinajstić information content (AvgIpc) is 2.04. The summed E-state index contributed by atoms with van der Waals surface area (Å²) in [4.78, 5) is 10.8. The summed E-state index contributed by atoms with van der Waals surface area (Å²) in [5.74, 6) is 0. The molecule has 0 unspecified atom stereocenters. The topological polar surface area (TPSA) is 40.9 Å². The van der Waals surface area contributed by atoms with Gasteiger partial charge in [-0.1, -0.05) is 11.6 Å². The lowest BCUT2D eigenvalue weighted by Crippen LogP contribution is -1.94. The molecule has 12 heavy (non-hydrogen) atoms. The molecule has 60 valence electrons. The van der Waals surface area contributed by atoms with E-state index in [2.05, 4.69) is 0 Å². The lowest BCUT2D eigenvalue weighted by atomic mass is 10.1. The monoisotopic (exact) mass is 179 g/mol. The van der Waals surface area contributed by atoms with Crippen LogP contribution in [0.4, 0.5) is 0 Å². The Hall–Kier alpha value is -1.33. The molecule has 0 aliphatic heterocycles. The molecule has 3 heteroatoms. The number of nitrogens with zero attached hydrogens (tertiary/aromatic N) is 1. The zero-order chi connectivity index (χ0) is 9.14. The molecule has 0 bridgehead atoms. The summed E-state index contributed by atoms with van der Waals surface area (Å²) in [6.07, 6.45) is 0. The minimum Gasteiger partial charge on any atom is -0.276 e. The van der Waals surface area contributed by atoms with Crippen molar-refractivity contribution in [3.63, 3.8) is 0 Å². The van der Waals surface area contributed by atoms with Crippen LogP contribution >= 0.6 is 11.6 Å². The molecule has 0 radical (unpaired) electrons. The van der Waals surface area contributed by atoms with E-state index in [0.717, 1.165) is 5.56 Å². The highest BCUT2D eigenvalue weighted by Crippen LogP contribution is 2.12. The van der Waals surface area contributed by atoms with E-state index < -0.39 is 5.24 Å². The number of hydrogen-bond acceptors (Lipinski definition) is 2. The van der Waals surface area contributed by atoms with Crippen molar-refractivity contribution in [2.24, 2.45) is 0 Å². The Bertz CT molecular complexity index is 365. The van der Waals surface area contributed by atoms with Gasteiger partial charge in [0.1, 0.15) is 0 Å². The highest BCUT2D eigenvalue weighted by Gasteiger charge is 2.07. The van der Waals surface area contributed by atoms with E-state index >= 15 is 0 Å². The van der Waals surface area contributed by atoms with E-state index in [1.165, 1.54) is 0 Å². The molecule has 0 heterocycles. The maximum Gasteiger partial charge on any atom is 0.253 e. The average molecular weight is 180 g/mol. The fraction of sp³-hybridized carbons (Fsp3) is 0.111. The molecule has 1 aromatic carbocycles. The van der Waals surface area contributed by atoms with E-state index in [4.69, 9.17) is 16.9 Å². The minimum atomic E-state index is -0.588. The van der Waals surface area contributed by atoms with Crippen LogP contribution in [0, 0.1) is 18.3 Å². The van der Waals surface area contributed by atoms with Crippen molar-refractivity contribution >= 4 is 16.8 Å². The molecule has 0 spiro atoms. The number of carbonyl (C=O) groups excluding carboxylic acids is 1. The van der Waals surface area contributed by atoms with Crippen molar-refractivity contribution in [1.82, 2.24) is 0 Å². The second-order valence-electron chi connectivity index (χ2n) is 2.43. The van der Waals surface area contributed by atoms with Crippen LogP contribution in [0.5, 0.6) is 0 Å². The van der Waals surface area contributed by atoms with Crippen molar-refractivity contribution < 1.29 is 4.79 Å². The molecule has 0 aliphatic rings. The zero-order valence-corrected chi connectivity index (χ0v) is 7.22. The van der Waals surface area contributed by atoms with Gasteiger partial charge in [0.2, 0.25) is 0 Å². The van der Waals surface area contributed by atoms with Gasteiger partial charge in [-0.15, -0.1) is 0 Å². The van der Waals surface area contributed by atoms with Gasteiger partial charge in [-0.25, -0.2) is 0 Å². The summed E-state index contributed by atoms with van der Waals surface area (Å²) in [5, 5.41) is 8.01. The highest BCUT2D eigenvalue weighted by atomic mass is 35.5. The van der Waals surface area contributed by atoms with Gasteiger partial charge in [0.15, 0.2) is 0 Å². The third-order valence-corrected chi connectivity index (χ3v) is 1.71. The number of nitriles is 1. The number of hydrogen-bond donors (Lipinski definition) is 0. The Balaban J connectivity index is 3.34. The first kappa shape index (κ1) is 8.76. The largest absolute Gasteiger partial charge is 0.276 e. The third kappa shape index (κ3) is 1.63. The van der Waals surface area contributed by atoms with Crippen molar-refractivity contribution in [1.29, 1.82) is 5.26 Å². The molecule has 0 amide bonds. The van der Waals surface area contributed by atoms with E-state index in [1.807, 2.05) is 13.0 Å². The minimum absolute atomic E-state index is 0.277. The SMILES string of the molecule is Cc1ccc(C#N)c(C(=O)Cl)c1. The second-order valence-corrected chi connectivity index (χ2v) is 2.78. The smallest absolute Gasteiger partial charge is 0.253 e. The number of rotatable bonds is 1. The van der Waals surface area contributed by atoms with Gasteiger partial charge in [0, 0.05) is 0 Å². The molecule has 2 nitrogen and oxygen atoms in total. The Morgan fingerprint density at radius 1 is 1.58 bits per heavy atom. The Labute approximate surface area is 75.4 Å². The fourth-order valence-electron chi connectivity index (χ4n) is 0.918. The highest BCUT2D eigenvalue weighted by molar-refractivity contribution is 6.68. The molecule has 0 fully saturated rings. The van der Waals surface area contributed by atoms with Crippen LogP contribution in [-0.2, 0) is 0 Å². The first-order chi connectivity index (χ1) is 5.65. The summed E-state index contributed by atoms with van der Waals surface area (Å²) in [6, 6.07) is 6.86. The number of benzene rings is 1. The first-order valence-corrected chi connectivity index (χ1v) is 3.73. The molecule has 0 aliphatic carbocycles. The third-order valence-electron chi connectivity index (χ3n) is 1.51. The van der Waals surface area contributed by atoms with Crippen LogP contribution < -0.4 is 0 Å². The molecule has 0 atom stereocenters. The Morgan fingerprint density at radius 2 is 2.25 bits per heavy atom. The molecule has 1 aromatic rings. The number of carbonyl (C=O) groups is 1. The molecule has 0 aromatic heterocycles. The second kappa shape index (κ2) is 3.38. The summed E-state index contributed by atoms with van der Waals surface area (Å²) >= 11 is 5.27. The van der Waals surface area contributed by atoms with Gasteiger partial charge >= 0.3 is 0 Å². The van der Waals surface area contributed by atoms with Gasteiger partial charge in [0.05, 0.1) is 17.2 Å². The van der Waals surface area contributed by atoms with Gasteiger partial charge in [-0.2, -0.15) is 5.26 Å². The normalized spacial score (nSPS) is 9.08. The quantitative estimate of drug-likeness (QED) is 0.621. The lowest BCUT2D eigenvalue weighted by Gasteiger charge is -1.98. The van der Waals surface area contributed by atoms with Crippen LogP contribution in [0.15, 0.2) is 18.2 Å².